The van der Waals surface area contributed by atoms with Crippen molar-refractivity contribution in [2.75, 3.05) is 18.4 Å². The second-order valence-corrected chi connectivity index (χ2v) is 7.82. The molecule has 122 valence electrons. The summed E-state index contributed by atoms with van der Waals surface area (Å²) in [5, 5.41) is 9.73. The van der Waals surface area contributed by atoms with Crippen molar-refractivity contribution in [3.05, 3.63) is 0 Å². The topological polar surface area (TPSA) is 121 Å². The van der Waals surface area contributed by atoms with Gasteiger partial charge in [0.05, 0.1) is 0 Å². The second-order valence-electron chi connectivity index (χ2n) is 4.96. The van der Waals surface area contributed by atoms with Crippen molar-refractivity contribution in [2.45, 2.75) is 37.1 Å². The fourth-order valence-electron chi connectivity index (χ4n) is 2.10. The summed E-state index contributed by atoms with van der Waals surface area (Å²) in [4.78, 5) is 23.8. The van der Waals surface area contributed by atoms with Crippen LogP contribution in [-0.2, 0) is 19.6 Å². The summed E-state index contributed by atoms with van der Waals surface area (Å²) in [7, 11) is -3.77. The summed E-state index contributed by atoms with van der Waals surface area (Å²) >= 11 is 0.793. The predicted octanol–water partition coefficient (Wildman–Crippen LogP) is -0.214. The Morgan fingerprint density at radius 2 is 1.86 bits per heavy atom. The molecule has 0 radical (unpaired) electrons. The average Bonchev–Trinajstić information content (AvgIpc) is 2.87. The number of nitrogens with one attached hydrogen (secondary N) is 2. The number of anilines is 1. The van der Waals surface area contributed by atoms with Gasteiger partial charge in [0.25, 0.3) is 10.0 Å². The molecular weight excluding hydrogens is 330 g/mol. The molecule has 0 aromatic carbocycles. The molecule has 2 heterocycles. The van der Waals surface area contributed by atoms with Crippen LogP contribution in [0.4, 0.5) is 5.13 Å². The lowest BCUT2D eigenvalue weighted by atomic mass is 10.1. The molecule has 22 heavy (non-hydrogen) atoms. The van der Waals surface area contributed by atoms with Crippen LogP contribution in [0.2, 0.25) is 0 Å². The molecule has 1 aromatic heterocycles. The van der Waals surface area contributed by atoms with Crippen LogP contribution in [0.15, 0.2) is 4.34 Å². The largest absolute Gasteiger partial charge is 0.343 e. The summed E-state index contributed by atoms with van der Waals surface area (Å²) in [6.07, 6.45) is 1.10. The summed E-state index contributed by atoms with van der Waals surface area (Å²) in [5.74, 6) is -0.352. The molecule has 11 heteroatoms. The highest BCUT2D eigenvalue weighted by Gasteiger charge is 2.27. The standard InChI is InChI=1S/C11H17N5O4S2/c1-7(17)12-10-13-14-11(21-10)22(19,20)15-9-3-5-16(6-4-9)8(2)18/h9,15H,3-6H2,1-2H3,(H,12,13,17). The first-order valence-electron chi connectivity index (χ1n) is 6.67. The third kappa shape index (κ3) is 4.21. The first-order valence-corrected chi connectivity index (χ1v) is 8.97. The lowest BCUT2D eigenvalue weighted by Gasteiger charge is -2.31. The number of carbonyl (C=O) groups excluding carboxylic acids is 2. The number of likely N-dealkylation sites (tertiary alicyclic amines) is 1. The van der Waals surface area contributed by atoms with Crippen molar-refractivity contribution in [3.8, 4) is 0 Å². The minimum atomic E-state index is -3.77. The Kier molecular flexibility index (Phi) is 5.08. The fraction of sp³-hybridized carbons (Fsp3) is 0.636. The SMILES string of the molecule is CC(=O)Nc1nnc(S(=O)(=O)NC2CCN(C(C)=O)CC2)s1. The maximum atomic E-state index is 12.2. The number of hydrogen-bond donors (Lipinski definition) is 2. The number of sulfonamides is 1. The molecule has 1 saturated heterocycles. The normalized spacial score (nSPS) is 16.5. The van der Waals surface area contributed by atoms with Gasteiger partial charge in [-0.05, 0) is 12.8 Å². The van der Waals surface area contributed by atoms with E-state index in [0.29, 0.717) is 25.9 Å². The Morgan fingerprint density at radius 3 is 2.41 bits per heavy atom. The summed E-state index contributed by atoms with van der Waals surface area (Å²) in [6.45, 7) is 3.84. The molecule has 0 bridgehead atoms. The minimum absolute atomic E-state index is 0.00891. The molecule has 2 rings (SSSR count). The third-order valence-electron chi connectivity index (χ3n) is 3.18. The predicted molar refractivity (Wildman–Crippen MR) is 79.8 cm³/mol. The minimum Gasteiger partial charge on any atom is -0.343 e. The van der Waals surface area contributed by atoms with E-state index in [4.69, 9.17) is 0 Å². The van der Waals surface area contributed by atoms with E-state index in [1.165, 1.54) is 13.8 Å². The quantitative estimate of drug-likeness (QED) is 0.727. The van der Waals surface area contributed by atoms with Crippen LogP contribution < -0.4 is 10.0 Å². The van der Waals surface area contributed by atoms with E-state index in [1.54, 1.807) is 4.90 Å². The van der Waals surface area contributed by atoms with Crippen molar-refractivity contribution in [2.24, 2.45) is 0 Å². The van der Waals surface area contributed by atoms with E-state index < -0.39 is 10.0 Å². The van der Waals surface area contributed by atoms with Crippen molar-refractivity contribution >= 4 is 38.3 Å². The Hall–Kier alpha value is -1.59. The van der Waals surface area contributed by atoms with Crippen LogP contribution in [0.1, 0.15) is 26.7 Å². The van der Waals surface area contributed by atoms with Gasteiger partial charge in [0.1, 0.15) is 0 Å². The molecule has 9 nitrogen and oxygen atoms in total. The molecule has 0 atom stereocenters. The molecule has 1 fully saturated rings. The van der Waals surface area contributed by atoms with E-state index >= 15 is 0 Å². The third-order valence-corrected chi connectivity index (χ3v) is 5.91. The van der Waals surface area contributed by atoms with E-state index in [-0.39, 0.29) is 27.3 Å². The van der Waals surface area contributed by atoms with Gasteiger partial charge in [-0.25, -0.2) is 13.1 Å². The average molecular weight is 347 g/mol. The highest BCUT2D eigenvalue weighted by molar-refractivity contribution is 7.91. The van der Waals surface area contributed by atoms with Gasteiger partial charge in [0, 0.05) is 33.0 Å². The number of aromatic nitrogens is 2. The van der Waals surface area contributed by atoms with Gasteiger partial charge in [-0.2, -0.15) is 0 Å². The maximum absolute atomic E-state index is 12.2. The highest BCUT2D eigenvalue weighted by atomic mass is 32.2. The van der Waals surface area contributed by atoms with Crippen LogP contribution in [0.5, 0.6) is 0 Å². The van der Waals surface area contributed by atoms with Crippen LogP contribution in [-0.4, -0.2) is 54.5 Å². The monoisotopic (exact) mass is 347 g/mol. The Labute approximate surface area is 132 Å². The molecule has 0 spiro atoms. The lowest BCUT2D eigenvalue weighted by Crippen LogP contribution is -2.45. The van der Waals surface area contributed by atoms with Crippen LogP contribution in [0, 0.1) is 0 Å². The zero-order chi connectivity index (χ0) is 16.3. The van der Waals surface area contributed by atoms with Gasteiger partial charge < -0.3 is 10.2 Å². The van der Waals surface area contributed by atoms with Gasteiger partial charge >= 0.3 is 0 Å². The lowest BCUT2D eigenvalue weighted by molar-refractivity contribution is -0.129. The van der Waals surface area contributed by atoms with E-state index in [1.807, 2.05) is 0 Å². The van der Waals surface area contributed by atoms with Gasteiger partial charge in [0.2, 0.25) is 21.3 Å². The van der Waals surface area contributed by atoms with Crippen LogP contribution in [0.3, 0.4) is 0 Å². The molecule has 0 unspecified atom stereocenters. The summed E-state index contributed by atoms with van der Waals surface area (Å²) < 4.78 is 26.8. The van der Waals surface area contributed by atoms with E-state index in [2.05, 4.69) is 20.2 Å². The fourth-order valence-corrected chi connectivity index (χ4v) is 4.37. The Morgan fingerprint density at radius 1 is 1.23 bits per heavy atom. The Balaban J connectivity index is 1.98. The van der Waals surface area contributed by atoms with Gasteiger partial charge in [0.15, 0.2) is 0 Å². The van der Waals surface area contributed by atoms with Crippen molar-refractivity contribution in [1.82, 2.24) is 19.8 Å². The molecule has 1 aliphatic rings. The van der Waals surface area contributed by atoms with Gasteiger partial charge in [-0.15, -0.1) is 10.2 Å². The van der Waals surface area contributed by atoms with Crippen molar-refractivity contribution < 1.29 is 18.0 Å². The zero-order valence-corrected chi connectivity index (χ0v) is 13.8. The molecule has 0 aliphatic carbocycles. The first kappa shape index (κ1) is 16.8. The maximum Gasteiger partial charge on any atom is 0.270 e. The van der Waals surface area contributed by atoms with Gasteiger partial charge in [-0.1, -0.05) is 11.3 Å². The molecule has 2 N–H and O–H groups in total. The smallest absolute Gasteiger partial charge is 0.270 e. The number of amides is 2. The summed E-state index contributed by atoms with van der Waals surface area (Å²) in [5.41, 5.74) is 0. The molecule has 2 amide bonds. The molecular formula is C11H17N5O4S2. The molecule has 1 aromatic rings. The number of rotatable bonds is 4. The number of piperidine rings is 1. The van der Waals surface area contributed by atoms with Crippen LogP contribution >= 0.6 is 11.3 Å². The first-order chi connectivity index (χ1) is 10.3. The zero-order valence-electron chi connectivity index (χ0n) is 12.2. The van der Waals surface area contributed by atoms with Gasteiger partial charge in [-0.3, -0.25) is 9.59 Å². The number of hydrogen-bond acceptors (Lipinski definition) is 7. The second kappa shape index (κ2) is 6.67. The molecule has 0 saturated carbocycles. The number of nitrogens with zero attached hydrogens (tertiary/aromatic N) is 3. The summed E-state index contributed by atoms with van der Waals surface area (Å²) in [6, 6.07) is -0.242. The number of carbonyl (C=O) groups is 2. The van der Waals surface area contributed by atoms with E-state index in [0.717, 1.165) is 11.3 Å². The highest BCUT2D eigenvalue weighted by Crippen LogP contribution is 2.21. The van der Waals surface area contributed by atoms with Crippen LogP contribution in [0.25, 0.3) is 0 Å². The van der Waals surface area contributed by atoms with E-state index in [9.17, 15) is 18.0 Å². The van der Waals surface area contributed by atoms with Crippen molar-refractivity contribution in [3.63, 3.8) is 0 Å². The van der Waals surface area contributed by atoms with Crippen molar-refractivity contribution in [1.29, 1.82) is 0 Å². The molecule has 1 aliphatic heterocycles. The Bertz CT molecular complexity index is 664.